The number of aromatic nitrogens is 4. The van der Waals surface area contributed by atoms with Gasteiger partial charge in [0.2, 0.25) is 11.8 Å². The van der Waals surface area contributed by atoms with Crippen LogP contribution in [0.3, 0.4) is 0 Å². The van der Waals surface area contributed by atoms with Gasteiger partial charge >= 0.3 is 0 Å². The van der Waals surface area contributed by atoms with E-state index in [-0.39, 0.29) is 6.04 Å². The monoisotopic (exact) mass is 675 g/mol. The van der Waals surface area contributed by atoms with Gasteiger partial charge in [0, 0.05) is 45.7 Å². The van der Waals surface area contributed by atoms with Crippen LogP contribution in [0.2, 0.25) is 0 Å². The van der Waals surface area contributed by atoms with Crippen LogP contribution in [0.1, 0.15) is 66.2 Å². The van der Waals surface area contributed by atoms with E-state index >= 15 is 0 Å². The smallest absolute Gasteiger partial charge is 0.220 e. The molecule has 0 amide bonds. The molecule has 1 unspecified atom stereocenters. The van der Waals surface area contributed by atoms with Gasteiger partial charge in [0.25, 0.3) is 0 Å². The fraction of sp³-hybridized carbons (Fsp3) is 0.425. The summed E-state index contributed by atoms with van der Waals surface area (Å²) in [4.78, 5) is 12.5. The van der Waals surface area contributed by atoms with Gasteiger partial charge in [0.1, 0.15) is 23.7 Å². The SMILES string of the molecule is CCC1c2nc(Cc3ccccc3)c(o2)N(Cc2ccccc2)Cc2cn(nn2)CCCCN1Cc1ccc(OCCN2CCOCC2)cc1. The lowest BCUT2D eigenvalue weighted by Gasteiger charge is -2.29. The van der Waals surface area contributed by atoms with Gasteiger partial charge in [-0.2, -0.15) is 0 Å². The van der Waals surface area contributed by atoms with Gasteiger partial charge in [0.05, 0.1) is 32.0 Å². The van der Waals surface area contributed by atoms with Crippen LogP contribution in [0.5, 0.6) is 5.75 Å². The molecule has 4 bridgehead atoms. The predicted molar refractivity (Wildman–Crippen MR) is 194 cm³/mol. The zero-order valence-electron chi connectivity index (χ0n) is 29.2. The normalized spacial score (nSPS) is 17.8. The third kappa shape index (κ3) is 8.98. The number of aryl methyl sites for hydroxylation is 1. The van der Waals surface area contributed by atoms with E-state index in [1.165, 1.54) is 16.7 Å². The fourth-order valence-electron chi connectivity index (χ4n) is 6.94. The summed E-state index contributed by atoms with van der Waals surface area (Å²) in [5.41, 5.74) is 5.51. The number of hydrogen-bond donors (Lipinski definition) is 0. The molecular formula is C40H49N7O3. The predicted octanol–water partition coefficient (Wildman–Crippen LogP) is 6.52. The standard InChI is InChI=1S/C40H49N7O3/c1-2-38-39-41-37(27-32-11-5-3-6-12-32)40(50-39)46(29-33-13-7-4-8-14-33)30-35-31-47(43-42-35)20-10-9-19-45(38)28-34-15-17-36(18-16-34)49-26-23-44-21-24-48-25-22-44/h3-8,11-18,31,38H,2,9-10,19-30H2,1H3. The molecule has 1 saturated heterocycles. The van der Waals surface area contributed by atoms with Gasteiger partial charge in [-0.3, -0.25) is 14.5 Å². The zero-order chi connectivity index (χ0) is 34.0. The van der Waals surface area contributed by atoms with E-state index in [1.807, 2.05) is 4.68 Å². The number of nitrogens with zero attached hydrogens (tertiary/aromatic N) is 7. The Morgan fingerprint density at radius 1 is 0.800 bits per heavy atom. The van der Waals surface area contributed by atoms with Crippen LogP contribution in [0.25, 0.3) is 0 Å². The van der Waals surface area contributed by atoms with Gasteiger partial charge in [-0.05, 0) is 54.6 Å². The second kappa shape index (κ2) is 16.9. The maximum atomic E-state index is 6.94. The molecule has 2 aliphatic rings. The zero-order valence-corrected chi connectivity index (χ0v) is 29.2. The highest BCUT2D eigenvalue weighted by Crippen LogP contribution is 2.34. The molecule has 262 valence electrons. The molecule has 0 saturated carbocycles. The van der Waals surface area contributed by atoms with E-state index in [9.17, 15) is 0 Å². The molecule has 5 aromatic rings. The van der Waals surface area contributed by atoms with E-state index < -0.39 is 0 Å². The molecule has 0 N–H and O–H groups in total. The van der Waals surface area contributed by atoms with Crippen molar-refractivity contribution in [3.8, 4) is 5.75 Å². The Hall–Kier alpha value is -4.51. The Labute approximate surface area is 295 Å². The number of oxazole rings is 1. The van der Waals surface area contributed by atoms with Crippen molar-refractivity contribution in [1.82, 2.24) is 29.8 Å². The molecule has 1 atom stereocenters. The van der Waals surface area contributed by atoms with E-state index in [0.29, 0.717) is 26.1 Å². The molecule has 10 nitrogen and oxygen atoms in total. The maximum Gasteiger partial charge on any atom is 0.220 e. The average Bonchev–Trinajstić information content (AvgIpc) is 3.78. The second-order valence-electron chi connectivity index (χ2n) is 13.3. The Balaban J connectivity index is 1.16. The number of hydrogen-bond acceptors (Lipinski definition) is 9. The van der Waals surface area contributed by atoms with Crippen molar-refractivity contribution < 1.29 is 13.9 Å². The van der Waals surface area contributed by atoms with Crippen molar-refractivity contribution in [2.75, 3.05) is 50.9 Å². The second-order valence-corrected chi connectivity index (χ2v) is 13.3. The largest absolute Gasteiger partial charge is 0.492 e. The van der Waals surface area contributed by atoms with Crippen LogP contribution in [0.4, 0.5) is 5.88 Å². The van der Waals surface area contributed by atoms with Gasteiger partial charge in [-0.1, -0.05) is 84.9 Å². The number of fused-ring (bicyclic) bond motifs is 4. The Kier molecular flexibility index (Phi) is 11.5. The van der Waals surface area contributed by atoms with Crippen molar-refractivity contribution in [1.29, 1.82) is 0 Å². The van der Waals surface area contributed by atoms with E-state index in [2.05, 4.69) is 123 Å². The summed E-state index contributed by atoms with van der Waals surface area (Å²) in [6, 6.07) is 29.7. The summed E-state index contributed by atoms with van der Waals surface area (Å²) in [6.45, 7) is 11.2. The Morgan fingerprint density at radius 3 is 2.28 bits per heavy atom. The third-order valence-corrected chi connectivity index (χ3v) is 9.63. The molecule has 0 radical (unpaired) electrons. The first-order valence-corrected chi connectivity index (χ1v) is 18.2. The quantitative estimate of drug-likeness (QED) is 0.155. The molecule has 0 aliphatic carbocycles. The molecule has 10 heteroatoms. The van der Waals surface area contributed by atoms with Gasteiger partial charge in [-0.15, -0.1) is 5.10 Å². The van der Waals surface area contributed by atoms with Crippen LogP contribution in [-0.4, -0.2) is 75.8 Å². The minimum Gasteiger partial charge on any atom is -0.492 e. The number of benzene rings is 3. The van der Waals surface area contributed by atoms with Crippen molar-refractivity contribution in [3.63, 3.8) is 0 Å². The molecule has 4 heterocycles. The summed E-state index contributed by atoms with van der Waals surface area (Å²) in [6.07, 6.45) is 5.68. The fourth-order valence-corrected chi connectivity index (χ4v) is 6.94. The van der Waals surface area contributed by atoms with Crippen molar-refractivity contribution in [2.45, 2.75) is 64.8 Å². The molecule has 1 fully saturated rings. The molecule has 7 rings (SSSR count). The lowest BCUT2D eigenvalue weighted by molar-refractivity contribution is 0.0322. The summed E-state index contributed by atoms with van der Waals surface area (Å²) < 4.78 is 20.5. The number of ether oxygens (including phenoxy) is 2. The highest BCUT2D eigenvalue weighted by atomic mass is 16.5. The molecule has 50 heavy (non-hydrogen) atoms. The third-order valence-electron chi connectivity index (χ3n) is 9.63. The number of morpholine rings is 1. The first-order valence-electron chi connectivity index (χ1n) is 18.2. The molecule has 3 aromatic carbocycles. The van der Waals surface area contributed by atoms with Crippen molar-refractivity contribution in [2.24, 2.45) is 0 Å². The summed E-state index contributed by atoms with van der Waals surface area (Å²) in [5, 5.41) is 9.06. The molecule has 2 aliphatic heterocycles. The van der Waals surface area contributed by atoms with Gasteiger partial charge in [0.15, 0.2) is 0 Å². The topological polar surface area (TPSA) is 84.9 Å². The lowest BCUT2D eigenvalue weighted by atomic mass is 10.1. The minimum absolute atomic E-state index is 0.0230. The Morgan fingerprint density at radius 2 is 1.52 bits per heavy atom. The van der Waals surface area contributed by atoms with Crippen LogP contribution < -0.4 is 9.64 Å². The van der Waals surface area contributed by atoms with Gasteiger partial charge < -0.3 is 18.8 Å². The van der Waals surface area contributed by atoms with Crippen LogP contribution in [0, 0.1) is 0 Å². The number of rotatable bonds is 11. The van der Waals surface area contributed by atoms with E-state index in [4.69, 9.17) is 18.9 Å². The van der Waals surface area contributed by atoms with Crippen LogP contribution in [-0.2, 0) is 37.3 Å². The first kappa shape index (κ1) is 34.0. The van der Waals surface area contributed by atoms with Crippen LogP contribution >= 0.6 is 0 Å². The minimum atomic E-state index is 0.0230. The molecule has 2 aromatic heterocycles. The highest BCUT2D eigenvalue weighted by molar-refractivity contribution is 5.45. The summed E-state index contributed by atoms with van der Waals surface area (Å²) in [5.74, 6) is 2.48. The van der Waals surface area contributed by atoms with Crippen LogP contribution in [0.15, 0.2) is 95.5 Å². The van der Waals surface area contributed by atoms with E-state index in [0.717, 1.165) is 101 Å². The lowest BCUT2D eigenvalue weighted by Crippen LogP contribution is -2.38. The molecular weight excluding hydrogens is 626 g/mol. The summed E-state index contributed by atoms with van der Waals surface area (Å²) >= 11 is 0. The highest BCUT2D eigenvalue weighted by Gasteiger charge is 2.29. The maximum absolute atomic E-state index is 6.94. The molecule has 0 spiro atoms. The van der Waals surface area contributed by atoms with Gasteiger partial charge in [-0.25, -0.2) is 4.98 Å². The Bertz CT molecular complexity index is 1740. The van der Waals surface area contributed by atoms with E-state index in [1.54, 1.807) is 0 Å². The summed E-state index contributed by atoms with van der Waals surface area (Å²) in [7, 11) is 0. The van der Waals surface area contributed by atoms with Crippen molar-refractivity contribution in [3.05, 3.63) is 125 Å². The number of anilines is 1. The first-order chi connectivity index (χ1) is 24.7. The average molecular weight is 676 g/mol. The van der Waals surface area contributed by atoms with Crippen molar-refractivity contribution >= 4 is 5.88 Å².